The van der Waals surface area contributed by atoms with E-state index in [-0.39, 0.29) is 33.4 Å². The molecule has 32 heavy (non-hydrogen) atoms. The number of Topliss-reactive ketones (excluding diaryl/α,β-unsaturated/α-hetero) is 1. The lowest BCUT2D eigenvalue weighted by atomic mass is 10.0. The minimum atomic E-state index is -1.31. The molecule has 2 aliphatic rings. The second-order valence-electron chi connectivity index (χ2n) is 6.35. The lowest BCUT2D eigenvalue weighted by Gasteiger charge is -2.49. The number of carbonyl (C=O) groups excluding carboxylic acids is 4. The number of alkyl halides is 1. The third-order valence-corrected chi connectivity index (χ3v) is 7.22. The number of carboxylic acid groups (broad SMARTS) is 1. The Morgan fingerprint density at radius 2 is 2.19 bits per heavy atom. The Hall–Kier alpha value is -2.58. The molecule has 170 valence electrons. The molecule has 2 aliphatic heterocycles. The fourth-order valence-electron chi connectivity index (χ4n) is 3.00. The molecule has 3 rings (SSSR count). The van der Waals surface area contributed by atoms with Gasteiger partial charge in [0.2, 0.25) is 11.5 Å². The first-order valence-corrected chi connectivity index (χ1v) is 12.1. The van der Waals surface area contributed by atoms with E-state index < -0.39 is 40.7 Å². The van der Waals surface area contributed by atoms with Gasteiger partial charge in [-0.15, -0.1) is 11.8 Å². The van der Waals surface area contributed by atoms with Crippen LogP contribution in [0.5, 0.6) is 0 Å². The number of nitrogens with zero attached hydrogens (tertiary/aromatic N) is 2. The first kappa shape index (κ1) is 24.1. The van der Waals surface area contributed by atoms with E-state index in [4.69, 9.17) is 4.42 Å². The van der Waals surface area contributed by atoms with Crippen LogP contribution in [-0.2, 0) is 24.0 Å². The van der Waals surface area contributed by atoms with Crippen LogP contribution in [0, 0.1) is 0 Å². The summed E-state index contributed by atoms with van der Waals surface area (Å²) in [5.74, 6) is -3.06. The molecule has 1 saturated heterocycles. The molecule has 0 saturated carbocycles. The number of halogens is 1. The molecule has 0 spiro atoms. The van der Waals surface area contributed by atoms with Crippen molar-refractivity contribution in [2.75, 3.05) is 23.9 Å². The zero-order valence-electron chi connectivity index (χ0n) is 16.4. The van der Waals surface area contributed by atoms with Gasteiger partial charge < -0.3 is 19.7 Å². The van der Waals surface area contributed by atoms with Crippen LogP contribution in [0.4, 0.5) is 0 Å². The number of fused-ring (bicyclic) bond motifs is 1. The summed E-state index contributed by atoms with van der Waals surface area (Å²) in [6.07, 6.45) is 1.36. The summed E-state index contributed by atoms with van der Waals surface area (Å²) < 4.78 is 5.03. The number of β-lactam (4-membered cyclic amide) rings is 1. The molecule has 14 heteroatoms. The van der Waals surface area contributed by atoms with E-state index in [2.05, 4.69) is 31.2 Å². The van der Waals surface area contributed by atoms with Gasteiger partial charge in [0.1, 0.15) is 24.2 Å². The number of amides is 2. The van der Waals surface area contributed by atoms with E-state index in [1.54, 1.807) is 6.07 Å². The van der Waals surface area contributed by atoms with Crippen LogP contribution < -0.4 is 5.32 Å². The molecule has 2 N–H and O–H groups in total. The van der Waals surface area contributed by atoms with E-state index >= 15 is 0 Å². The monoisotopic (exact) mass is 545 g/mol. The van der Waals surface area contributed by atoms with Gasteiger partial charge in [0.05, 0.1) is 11.6 Å². The Kier molecular flexibility index (Phi) is 7.79. The highest BCUT2D eigenvalue weighted by molar-refractivity contribution is 9.09. The van der Waals surface area contributed by atoms with Crippen molar-refractivity contribution in [3.8, 4) is 0 Å². The minimum Gasteiger partial charge on any atom is -0.477 e. The molecule has 0 aliphatic carbocycles. The van der Waals surface area contributed by atoms with Crippen molar-refractivity contribution in [1.29, 1.82) is 0 Å². The molecular weight excluding hydrogens is 530 g/mol. The fraction of sp³-hybridized carbons (Fsp3) is 0.333. The van der Waals surface area contributed by atoms with Crippen molar-refractivity contribution in [3.05, 3.63) is 35.4 Å². The van der Waals surface area contributed by atoms with Gasteiger partial charge >= 0.3 is 5.97 Å². The van der Waals surface area contributed by atoms with Crippen molar-refractivity contribution in [2.24, 2.45) is 5.16 Å². The van der Waals surface area contributed by atoms with Gasteiger partial charge in [0, 0.05) is 11.5 Å². The summed E-state index contributed by atoms with van der Waals surface area (Å²) >= 11 is 5.05. The Morgan fingerprint density at radius 1 is 1.44 bits per heavy atom. The summed E-state index contributed by atoms with van der Waals surface area (Å²) in [6.45, 7) is 0. The Labute approximate surface area is 198 Å². The maximum atomic E-state index is 12.7. The number of furan rings is 1. The van der Waals surface area contributed by atoms with Crippen LogP contribution in [0.2, 0.25) is 0 Å². The average molecular weight is 546 g/mol. The molecule has 3 heterocycles. The number of ketones is 1. The molecule has 0 bridgehead atoms. The lowest BCUT2D eigenvalue weighted by molar-refractivity contribution is -0.150. The molecule has 0 aromatic carbocycles. The standard InChI is InChI=1S/C18H16BrN3O8S2/c1-29-21-11(9(23)5-19)14(24)20-12-15(25)22-13(17(26)27)8(6-31-16(12)22)7-32-18(28)10-3-2-4-30-10/h2-4,12,16H,5-7H2,1H3,(H,20,24)(H,26,27). The zero-order chi connectivity index (χ0) is 23.4. The number of hydrogen-bond acceptors (Lipinski definition) is 10. The number of nitrogens with one attached hydrogen (secondary N) is 1. The number of aliphatic carboxylic acids is 1. The fourth-order valence-corrected chi connectivity index (χ4v) is 5.54. The SMILES string of the molecule is CON=C(C(=O)CBr)C(=O)NC1C(=O)N2C(C(=O)O)=C(CSC(=O)c3ccco3)CSC12. The number of rotatable bonds is 9. The summed E-state index contributed by atoms with van der Waals surface area (Å²) in [5.41, 5.74) is -0.330. The highest BCUT2D eigenvalue weighted by Crippen LogP contribution is 2.41. The maximum Gasteiger partial charge on any atom is 0.352 e. The minimum absolute atomic E-state index is 0.0616. The first-order valence-electron chi connectivity index (χ1n) is 8.92. The van der Waals surface area contributed by atoms with Gasteiger partial charge in [-0.2, -0.15) is 0 Å². The van der Waals surface area contributed by atoms with E-state index in [1.165, 1.54) is 31.2 Å². The Bertz CT molecular complexity index is 1020. The smallest absolute Gasteiger partial charge is 0.352 e. The van der Waals surface area contributed by atoms with Crippen LogP contribution >= 0.6 is 39.5 Å². The molecule has 0 radical (unpaired) electrons. The van der Waals surface area contributed by atoms with Crippen LogP contribution in [0.25, 0.3) is 0 Å². The second kappa shape index (κ2) is 10.4. The van der Waals surface area contributed by atoms with Crippen molar-refractivity contribution in [3.63, 3.8) is 0 Å². The van der Waals surface area contributed by atoms with Gasteiger partial charge in [-0.3, -0.25) is 24.1 Å². The molecule has 1 aromatic rings. The van der Waals surface area contributed by atoms with Crippen molar-refractivity contribution >= 4 is 73.8 Å². The van der Waals surface area contributed by atoms with Gasteiger partial charge in [0.15, 0.2) is 5.76 Å². The summed E-state index contributed by atoms with van der Waals surface area (Å²) in [4.78, 5) is 66.5. The molecule has 2 atom stereocenters. The Morgan fingerprint density at radius 3 is 2.78 bits per heavy atom. The Balaban J connectivity index is 1.73. The van der Waals surface area contributed by atoms with Crippen molar-refractivity contribution in [2.45, 2.75) is 11.4 Å². The van der Waals surface area contributed by atoms with E-state index in [1.807, 2.05) is 0 Å². The summed E-state index contributed by atoms with van der Waals surface area (Å²) in [7, 11) is 1.17. The van der Waals surface area contributed by atoms with Crippen LogP contribution in [0.15, 0.2) is 39.2 Å². The largest absolute Gasteiger partial charge is 0.477 e. The van der Waals surface area contributed by atoms with E-state index in [0.29, 0.717) is 5.57 Å². The number of carboxylic acids is 1. The molecule has 1 aromatic heterocycles. The van der Waals surface area contributed by atoms with Crippen LogP contribution in [0.3, 0.4) is 0 Å². The third kappa shape index (κ3) is 4.76. The third-order valence-electron chi connectivity index (χ3n) is 4.42. The van der Waals surface area contributed by atoms with Gasteiger partial charge in [-0.05, 0) is 17.7 Å². The average Bonchev–Trinajstić information content (AvgIpc) is 3.33. The topological polar surface area (TPSA) is 156 Å². The molecule has 1 fully saturated rings. The maximum absolute atomic E-state index is 12.7. The lowest BCUT2D eigenvalue weighted by Crippen LogP contribution is -2.71. The quantitative estimate of drug-likeness (QED) is 0.150. The summed E-state index contributed by atoms with van der Waals surface area (Å²) in [6, 6.07) is 2.03. The highest BCUT2D eigenvalue weighted by atomic mass is 79.9. The van der Waals surface area contributed by atoms with Crippen molar-refractivity contribution < 1.29 is 38.3 Å². The number of oxime groups is 1. The highest BCUT2D eigenvalue weighted by Gasteiger charge is 2.54. The first-order chi connectivity index (χ1) is 15.3. The number of carbonyl (C=O) groups is 5. The van der Waals surface area contributed by atoms with Gasteiger partial charge in [-0.25, -0.2) is 4.79 Å². The zero-order valence-corrected chi connectivity index (χ0v) is 19.6. The van der Waals surface area contributed by atoms with Gasteiger partial charge in [-0.1, -0.05) is 32.8 Å². The second-order valence-corrected chi connectivity index (χ2v) is 8.96. The molecule has 2 amide bonds. The van der Waals surface area contributed by atoms with E-state index in [9.17, 15) is 29.1 Å². The van der Waals surface area contributed by atoms with E-state index in [0.717, 1.165) is 16.7 Å². The van der Waals surface area contributed by atoms with Crippen LogP contribution in [-0.4, -0.2) is 79.8 Å². The molecule has 2 unspecified atom stereocenters. The molecule has 11 nitrogen and oxygen atoms in total. The predicted molar refractivity (Wildman–Crippen MR) is 118 cm³/mol. The number of hydrogen-bond donors (Lipinski definition) is 2. The predicted octanol–water partition coefficient (Wildman–Crippen LogP) is 0.858. The van der Waals surface area contributed by atoms with Crippen LogP contribution in [0.1, 0.15) is 10.6 Å². The van der Waals surface area contributed by atoms with Crippen molar-refractivity contribution in [1.82, 2.24) is 10.2 Å². The number of thioether (sulfide) groups is 2. The molecular formula is C18H16BrN3O8S2. The van der Waals surface area contributed by atoms with Gasteiger partial charge in [0.25, 0.3) is 16.9 Å². The summed E-state index contributed by atoms with van der Waals surface area (Å²) in [5, 5.41) is 14.3. The normalized spacial score (nSPS) is 20.4.